The Labute approximate surface area is 259 Å². The Bertz CT molecular complexity index is 1410. The molecule has 1 saturated carbocycles. The molecule has 8 nitrogen and oxygen atoms in total. The number of hydrogen-bond acceptors (Lipinski definition) is 7. The predicted molar refractivity (Wildman–Crippen MR) is 167 cm³/mol. The van der Waals surface area contributed by atoms with Gasteiger partial charge in [-0.25, -0.2) is 9.88 Å². The molecule has 3 aliphatic rings. The lowest BCUT2D eigenvalue weighted by atomic mass is 9.71. The number of benzene rings is 1. The average molecular weight is 603 g/mol. The van der Waals surface area contributed by atoms with Gasteiger partial charge in [-0.1, -0.05) is 51.8 Å². The van der Waals surface area contributed by atoms with E-state index in [2.05, 4.69) is 26.8 Å². The monoisotopic (exact) mass is 602 g/mol. The number of aryl methyl sites for hydroxylation is 1. The van der Waals surface area contributed by atoms with E-state index in [0.29, 0.717) is 34.6 Å². The Kier molecular flexibility index (Phi) is 9.45. The Morgan fingerprint density at radius 2 is 1.84 bits per heavy atom. The van der Waals surface area contributed by atoms with E-state index in [4.69, 9.17) is 9.72 Å². The van der Waals surface area contributed by atoms with Gasteiger partial charge in [0.05, 0.1) is 30.0 Å². The molecular weight excluding hydrogens is 560 g/mol. The van der Waals surface area contributed by atoms with Crippen LogP contribution in [0.15, 0.2) is 35.4 Å². The largest absolute Gasteiger partial charge is 0.494 e. The smallest absolute Gasteiger partial charge is 0.257 e. The van der Waals surface area contributed by atoms with Crippen LogP contribution in [0.2, 0.25) is 0 Å². The lowest BCUT2D eigenvalue weighted by Crippen LogP contribution is -2.52. The lowest BCUT2D eigenvalue weighted by molar-refractivity contribution is -0.139. The highest BCUT2D eigenvalue weighted by Crippen LogP contribution is 2.38. The molecule has 1 saturated heterocycles. The molecular formula is C34H42N4O4S. The number of amides is 3. The van der Waals surface area contributed by atoms with Gasteiger partial charge in [-0.05, 0) is 86.3 Å². The third-order valence-corrected chi connectivity index (χ3v) is 10.1. The fourth-order valence-corrected chi connectivity index (χ4v) is 7.58. The van der Waals surface area contributed by atoms with E-state index in [1.54, 1.807) is 29.2 Å². The molecule has 5 rings (SSSR count). The van der Waals surface area contributed by atoms with Crippen LogP contribution in [-0.2, 0) is 27.2 Å². The number of nitrogens with zero attached hydrogens (tertiary/aromatic N) is 4. The van der Waals surface area contributed by atoms with Crippen LogP contribution in [0.25, 0.3) is 0 Å². The van der Waals surface area contributed by atoms with E-state index in [1.807, 2.05) is 13.0 Å². The van der Waals surface area contributed by atoms with Gasteiger partial charge in [0.25, 0.3) is 5.91 Å². The zero-order valence-corrected chi connectivity index (χ0v) is 26.5. The fraction of sp³-hybridized carbons (Fsp3) is 0.559. The number of imide groups is 1. The number of carbonyl (C=O) groups excluding carboxylic acids is 3. The second kappa shape index (κ2) is 13.1. The normalized spacial score (nSPS) is 21.0. The molecule has 2 heterocycles. The van der Waals surface area contributed by atoms with Crippen LogP contribution in [0, 0.1) is 22.7 Å². The number of ether oxygens (including phenoxy) is 1. The van der Waals surface area contributed by atoms with Crippen molar-refractivity contribution in [3.63, 3.8) is 0 Å². The number of aromatic nitrogens is 1. The first kappa shape index (κ1) is 31.1. The molecule has 1 aliphatic heterocycles. The van der Waals surface area contributed by atoms with Crippen molar-refractivity contribution in [2.24, 2.45) is 11.3 Å². The minimum Gasteiger partial charge on any atom is -0.494 e. The van der Waals surface area contributed by atoms with Crippen molar-refractivity contribution < 1.29 is 19.1 Å². The molecule has 0 spiro atoms. The molecule has 2 fully saturated rings. The number of fused-ring (bicyclic) bond motifs is 1. The average Bonchev–Trinajstić information content (AvgIpc) is 3.28. The molecule has 2 atom stereocenters. The summed E-state index contributed by atoms with van der Waals surface area (Å²) in [6.45, 7) is 9.19. The molecule has 2 unspecified atom stereocenters. The van der Waals surface area contributed by atoms with E-state index >= 15 is 0 Å². The van der Waals surface area contributed by atoms with Gasteiger partial charge in [0.1, 0.15) is 22.9 Å². The zero-order valence-electron chi connectivity index (χ0n) is 25.7. The summed E-state index contributed by atoms with van der Waals surface area (Å²) in [6, 6.07) is 10.2. The number of rotatable bonds is 8. The minimum atomic E-state index is -0.837. The number of hydrogen-bond donors (Lipinski definition) is 0. The van der Waals surface area contributed by atoms with Crippen LogP contribution < -0.4 is 9.64 Å². The summed E-state index contributed by atoms with van der Waals surface area (Å²) in [4.78, 5) is 48.7. The zero-order chi connectivity index (χ0) is 30.7. The first-order valence-electron chi connectivity index (χ1n) is 15.6. The molecule has 0 bridgehead atoms. The van der Waals surface area contributed by atoms with Gasteiger partial charge in [-0.3, -0.25) is 14.4 Å². The van der Waals surface area contributed by atoms with Crippen molar-refractivity contribution in [3.05, 3.63) is 47.2 Å². The summed E-state index contributed by atoms with van der Waals surface area (Å²) >= 11 is 1.27. The highest BCUT2D eigenvalue weighted by Gasteiger charge is 2.46. The summed E-state index contributed by atoms with van der Waals surface area (Å²) in [5.41, 5.74) is 3.31. The number of anilines is 1. The second-order valence-corrected chi connectivity index (χ2v) is 13.9. The molecule has 1 aromatic heterocycles. The summed E-state index contributed by atoms with van der Waals surface area (Å²) in [5, 5.41) is 10.5. The lowest BCUT2D eigenvalue weighted by Gasteiger charge is -2.37. The Balaban J connectivity index is 1.35. The molecule has 1 aromatic carbocycles. The highest BCUT2D eigenvalue weighted by atomic mass is 32.2. The van der Waals surface area contributed by atoms with E-state index in [0.717, 1.165) is 62.6 Å². The van der Waals surface area contributed by atoms with Gasteiger partial charge in [0.15, 0.2) is 0 Å². The van der Waals surface area contributed by atoms with Crippen molar-refractivity contribution in [2.45, 2.75) is 103 Å². The van der Waals surface area contributed by atoms with Crippen LogP contribution >= 0.6 is 11.8 Å². The summed E-state index contributed by atoms with van der Waals surface area (Å²) in [7, 11) is 0. The van der Waals surface area contributed by atoms with Crippen LogP contribution in [0.5, 0.6) is 5.75 Å². The van der Waals surface area contributed by atoms with Gasteiger partial charge >= 0.3 is 0 Å². The van der Waals surface area contributed by atoms with Crippen molar-refractivity contribution in [1.82, 2.24) is 9.88 Å². The standard InChI is InChI=1S/C34H42N4O4S/c1-5-42-27-14-12-26(13-15-27)38-30(39)19-29(33(38)41)37(25-9-7-6-8-10-25)31(40)21-43-32-23(20-35)17-22-18-24(34(2,3)4)11-16-28(22)36-32/h12-15,17,24-25,29H,5-11,16,18-19,21H2,1-4H3. The highest BCUT2D eigenvalue weighted by molar-refractivity contribution is 8.00. The molecule has 2 aromatic rings. The first-order chi connectivity index (χ1) is 20.6. The Hall–Kier alpha value is -3.38. The first-order valence-corrected chi connectivity index (χ1v) is 16.6. The van der Waals surface area contributed by atoms with Gasteiger partial charge in [-0.2, -0.15) is 5.26 Å². The maximum absolute atomic E-state index is 14.0. The molecule has 0 N–H and O–H groups in total. The molecule has 228 valence electrons. The Morgan fingerprint density at radius 1 is 1.12 bits per heavy atom. The van der Waals surface area contributed by atoms with Gasteiger partial charge in [-0.15, -0.1) is 0 Å². The second-order valence-electron chi connectivity index (χ2n) is 13.0. The van der Waals surface area contributed by atoms with Crippen molar-refractivity contribution in [2.75, 3.05) is 17.3 Å². The number of pyridine rings is 1. The fourth-order valence-electron chi connectivity index (χ4n) is 6.73. The number of carbonyl (C=O) groups is 3. The predicted octanol–water partition coefficient (Wildman–Crippen LogP) is 6.09. The van der Waals surface area contributed by atoms with Crippen molar-refractivity contribution in [1.29, 1.82) is 5.26 Å². The molecule has 9 heteroatoms. The maximum atomic E-state index is 14.0. The number of thioether (sulfide) groups is 1. The van der Waals surface area contributed by atoms with Gasteiger partial charge in [0.2, 0.25) is 11.8 Å². The third-order valence-electron chi connectivity index (χ3n) is 9.15. The van der Waals surface area contributed by atoms with Crippen LogP contribution in [0.4, 0.5) is 5.69 Å². The molecule has 43 heavy (non-hydrogen) atoms. The minimum absolute atomic E-state index is 0.0333. The quantitative estimate of drug-likeness (QED) is 0.266. The van der Waals surface area contributed by atoms with E-state index in [-0.39, 0.29) is 41.4 Å². The summed E-state index contributed by atoms with van der Waals surface area (Å²) < 4.78 is 5.51. The third kappa shape index (κ3) is 6.75. The van der Waals surface area contributed by atoms with E-state index < -0.39 is 6.04 Å². The van der Waals surface area contributed by atoms with Gasteiger partial charge < -0.3 is 9.64 Å². The molecule has 3 amide bonds. The van der Waals surface area contributed by atoms with Gasteiger partial charge in [0, 0.05) is 11.7 Å². The summed E-state index contributed by atoms with van der Waals surface area (Å²) in [5.74, 6) is 0.398. The van der Waals surface area contributed by atoms with Crippen LogP contribution in [-0.4, -0.2) is 52.0 Å². The van der Waals surface area contributed by atoms with E-state index in [1.165, 1.54) is 16.7 Å². The SMILES string of the molecule is CCOc1ccc(N2C(=O)CC(N(C(=O)CSc3nc4c(cc3C#N)CC(C(C)(C)C)CC4)C3CCCCC3)C2=O)cc1. The van der Waals surface area contributed by atoms with Crippen molar-refractivity contribution in [3.8, 4) is 11.8 Å². The maximum Gasteiger partial charge on any atom is 0.257 e. The molecule has 0 radical (unpaired) electrons. The van der Waals surface area contributed by atoms with Crippen LogP contribution in [0.1, 0.15) is 89.5 Å². The van der Waals surface area contributed by atoms with E-state index in [9.17, 15) is 19.6 Å². The topological polar surface area (TPSA) is 104 Å². The van der Waals surface area contributed by atoms with Crippen LogP contribution in [0.3, 0.4) is 0 Å². The Morgan fingerprint density at radius 3 is 2.49 bits per heavy atom. The summed E-state index contributed by atoms with van der Waals surface area (Å²) in [6.07, 6.45) is 7.48. The van der Waals surface area contributed by atoms with Crippen molar-refractivity contribution >= 4 is 35.2 Å². The number of nitriles is 1. The molecule has 2 aliphatic carbocycles.